The summed E-state index contributed by atoms with van der Waals surface area (Å²) in [7, 11) is 0. The summed E-state index contributed by atoms with van der Waals surface area (Å²) in [6.45, 7) is 6.56. The van der Waals surface area contributed by atoms with E-state index in [0.29, 0.717) is 5.92 Å². The summed E-state index contributed by atoms with van der Waals surface area (Å²) in [5.74, 6) is 0.292. The molecule has 2 atom stereocenters. The third-order valence-electron chi connectivity index (χ3n) is 4.11. The number of allylic oxidation sites excluding steroid dienone is 2. The van der Waals surface area contributed by atoms with Crippen molar-refractivity contribution in [3.8, 4) is 0 Å². The quantitative estimate of drug-likeness (QED) is 0.795. The number of aryl methyl sites for hydroxylation is 3. The molecular formula is C18H20N2. The largest absolute Gasteiger partial charge is 0.285 e. The van der Waals surface area contributed by atoms with Gasteiger partial charge in [0.05, 0.1) is 12.1 Å². The standard InChI is InChI=1S/C18H20N2/c1-12-10-13(2)17(14(3)11-12)18(15-6-4-8-19-15)16-7-5-9-20-16/h4-11,15-16,18H,1-3H3. The van der Waals surface area contributed by atoms with Gasteiger partial charge < -0.3 is 0 Å². The van der Waals surface area contributed by atoms with Crippen molar-refractivity contribution in [3.05, 3.63) is 58.7 Å². The van der Waals surface area contributed by atoms with E-state index in [1.54, 1.807) is 0 Å². The van der Waals surface area contributed by atoms with Crippen LogP contribution in [0, 0.1) is 20.8 Å². The number of hydrogen-bond donors (Lipinski definition) is 0. The number of rotatable bonds is 3. The molecule has 0 amide bonds. The van der Waals surface area contributed by atoms with E-state index in [4.69, 9.17) is 0 Å². The third-order valence-corrected chi connectivity index (χ3v) is 4.11. The molecule has 0 saturated carbocycles. The number of nitrogens with zero attached hydrogens (tertiary/aromatic N) is 2. The van der Waals surface area contributed by atoms with Crippen molar-refractivity contribution in [2.24, 2.45) is 9.98 Å². The van der Waals surface area contributed by atoms with Crippen molar-refractivity contribution in [2.75, 3.05) is 0 Å². The van der Waals surface area contributed by atoms with Gasteiger partial charge in [-0.2, -0.15) is 0 Å². The highest BCUT2D eigenvalue weighted by Gasteiger charge is 2.31. The topological polar surface area (TPSA) is 24.7 Å². The van der Waals surface area contributed by atoms with Gasteiger partial charge in [-0.05, 0) is 49.6 Å². The molecule has 0 bridgehead atoms. The van der Waals surface area contributed by atoms with E-state index in [1.165, 1.54) is 22.3 Å². The lowest BCUT2D eigenvalue weighted by molar-refractivity contribution is 0.560. The van der Waals surface area contributed by atoms with Gasteiger partial charge in [-0.25, -0.2) is 0 Å². The number of aliphatic imine (C=N–C) groups is 2. The molecule has 0 radical (unpaired) electrons. The molecule has 0 saturated heterocycles. The summed E-state index contributed by atoms with van der Waals surface area (Å²) in [5.41, 5.74) is 5.41. The van der Waals surface area contributed by atoms with Gasteiger partial charge in [-0.1, -0.05) is 29.8 Å². The number of benzene rings is 1. The highest BCUT2D eigenvalue weighted by atomic mass is 14.9. The fourth-order valence-electron chi connectivity index (χ4n) is 3.41. The van der Waals surface area contributed by atoms with E-state index in [-0.39, 0.29) is 12.1 Å². The minimum Gasteiger partial charge on any atom is -0.285 e. The van der Waals surface area contributed by atoms with Crippen molar-refractivity contribution in [3.63, 3.8) is 0 Å². The van der Waals surface area contributed by atoms with Crippen LogP contribution in [0.15, 0.2) is 46.4 Å². The van der Waals surface area contributed by atoms with Crippen LogP contribution in [0.25, 0.3) is 0 Å². The molecule has 3 rings (SSSR count). The first-order chi connectivity index (χ1) is 9.66. The van der Waals surface area contributed by atoms with Crippen LogP contribution < -0.4 is 0 Å². The van der Waals surface area contributed by atoms with E-state index in [0.717, 1.165) is 0 Å². The van der Waals surface area contributed by atoms with Crippen LogP contribution in [-0.4, -0.2) is 24.5 Å². The lowest BCUT2D eigenvalue weighted by Gasteiger charge is -2.28. The molecule has 0 aliphatic carbocycles. The molecule has 0 N–H and O–H groups in total. The molecule has 2 heterocycles. The molecule has 2 nitrogen and oxygen atoms in total. The highest BCUT2D eigenvalue weighted by Crippen LogP contribution is 2.36. The van der Waals surface area contributed by atoms with Crippen LogP contribution >= 0.6 is 0 Å². The van der Waals surface area contributed by atoms with Crippen LogP contribution in [0.1, 0.15) is 28.2 Å². The predicted molar refractivity (Wildman–Crippen MR) is 86.2 cm³/mol. The van der Waals surface area contributed by atoms with E-state index >= 15 is 0 Å². The van der Waals surface area contributed by atoms with Gasteiger partial charge in [-0.15, -0.1) is 0 Å². The first-order valence-corrected chi connectivity index (χ1v) is 7.14. The minimum atomic E-state index is 0.194. The van der Waals surface area contributed by atoms with Gasteiger partial charge in [0.1, 0.15) is 0 Å². The molecular weight excluding hydrogens is 244 g/mol. The normalized spacial score (nSPS) is 24.8. The lowest BCUT2D eigenvalue weighted by atomic mass is 9.80. The van der Waals surface area contributed by atoms with Crippen molar-refractivity contribution in [2.45, 2.75) is 38.8 Å². The Bertz CT molecular complexity index is 560. The van der Waals surface area contributed by atoms with Crippen molar-refractivity contribution in [1.82, 2.24) is 0 Å². The van der Waals surface area contributed by atoms with Crippen molar-refractivity contribution < 1.29 is 0 Å². The third kappa shape index (κ3) is 2.26. The highest BCUT2D eigenvalue weighted by molar-refractivity contribution is 5.76. The Hall–Kier alpha value is -1.96. The Kier molecular flexibility index (Phi) is 3.39. The molecule has 20 heavy (non-hydrogen) atoms. The van der Waals surface area contributed by atoms with E-state index in [2.05, 4.69) is 55.0 Å². The Morgan fingerprint density at radius 1 is 0.850 bits per heavy atom. The fraction of sp³-hybridized carbons (Fsp3) is 0.333. The maximum absolute atomic E-state index is 4.62. The molecule has 1 aromatic carbocycles. The Morgan fingerprint density at radius 2 is 1.35 bits per heavy atom. The summed E-state index contributed by atoms with van der Waals surface area (Å²) in [6.07, 6.45) is 12.3. The zero-order valence-electron chi connectivity index (χ0n) is 12.2. The summed E-state index contributed by atoms with van der Waals surface area (Å²) in [6, 6.07) is 4.92. The maximum atomic E-state index is 4.62. The first-order valence-electron chi connectivity index (χ1n) is 7.14. The summed E-state index contributed by atoms with van der Waals surface area (Å²) >= 11 is 0. The second-order valence-electron chi connectivity index (χ2n) is 5.69. The zero-order valence-corrected chi connectivity index (χ0v) is 12.2. The average molecular weight is 264 g/mol. The van der Waals surface area contributed by atoms with Crippen LogP contribution in [-0.2, 0) is 0 Å². The SMILES string of the molecule is Cc1cc(C)c(C(C2C=CC=N2)C2C=CC=N2)c(C)c1. The fourth-order valence-corrected chi connectivity index (χ4v) is 3.41. The van der Waals surface area contributed by atoms with Gasteiger partial charge in [0.2, 0.25) is 0 Å². The zero-order chi connectivity index (χ0) is 14.1. The van der Waals surface area contributed by atoms with E-state index < -0.39 is 0 Å². The summed E-state index contributed by atoms with van der Waals surface area (Å²) in [4.78, 5) is 9.24. The monoisotopic (exact) mass is 264 g/mol. The molecule has 2 unspecified atom stereocenters. The average Bonchev–Trinajstić information content (AvgIpc) is 3.07. The van der Waals surface area contributed by atoms with Gasteiger partial charge >= 0.3 is 0 Å². The molecule has 1 aromatic rings. The van der Waals surface area contributed by atoms with Gasteiger partial charge in [0.25, 0.3) is 0 Å². The Balaban J connectivity index is 2.10. The smallest absolute Gasteiger partial charge is 0.0775 e. The van der Waals surface area contributed by atoms with Crippen molar-refractivity contribution >= 4 is 12.4 Å². The van der Waals surface area contributed by atoms with Gasteiger partial charge in [0, 0.05) is 18.3 Å². The molecule has 2 aliphatic rings. The molecule has 102 valence electrons. The van der Waals surface area contributed by atoms with Crippen molar-refractivity contribution in [1.29, 1.82) is 0 Å². The minimum absolute atomic E-state index is 0.194. The van der Waals surface area contributed by atoms with E-state index in [1.807, 2.05) is 24.6 Å². The van der Waals surface area contributed by atoms with E-state index in [9.17, 15) is 0 Å². The van der Waals surface area contributed by atoms with Crippen LogP contribution in [0.2, 0.25) is 0 Å². The molecule has 0 spiro atoms. The van der Waals surface area contributed by atoms with Gasteiger partial charge in [-0.3, -0.25) is 9.98 Å². The van der Waals surface area contributed by atoms with Gasteiger partial charge in [0.15, 0.2) is 0 Å². The maximum Gasteiger partial charge on any atom is 0.0775 e. The lowest BCUT2D eigenvalue weighted by Crippen LogP contribution is -2.25. The molecule has 2 heteroatoms. The second-order valence-corrected chi connectivity index (χ2v) is 5.69. The number of hydrogen-bond acceptors (Lipinski definition) is 2. The molecule has 0 aromatic heterocycles. The summed E-state index contributed by atoms with van der Waals surface area (Å²) < 4.78 is 0. The first kappa shape index (κ1) is 13.0. The predicted octanol–water partition coefficient (Wildman–Crippen LogP) is 3.71. The van der Waals surface area contributed by atoms with Crippen LogP contribution in [0.5, 0.6) is 0 Å². The second kappa shape index (κ2) is 5.20. The van der Waals surface area contributed by atoms with Crippen LogP contribution in [0.4, 0.5) is 0 Å². The Morgan fingerprint density at radius 3 is 1.75 bits per heavy atom. The Labute approximate surface area is 120 Å². The van der Waals surface area contributed by atoms with Crippen LogP contribution in [0.3, 0.4) is 0 Å². The summed E-state index contributed by atoms with van der Waals surface area (Å²) in [5, 5.41) is 0. The molecule has 2 aliphatic heterocycles. The molecule has 0 fully saturated rings.